The first-order valence-corrected chi connectivity index (χ1v) is 8.89. The second-order valence-corrected chi connectivity index (χ2v) is 7.90. The van der Waals surface area contributed by atoms with Crippen molar-refractivity contribution < 1.29 is 13.9 Å². The number of halogens is 1. The van der Waals surface area contributed by atoms with E-state index in [1.54, 1.807) is 17.8 Å². The molecule has 1 amide bonds. The van der Waals surface area contributed by atoms with Crippen LogP contribution in [0.2, 0.25) is 0 Å². The summed E-state index contributed by atoms with van der Waals surface area (Å²) < 4.78 is 19.1. The van der Waals surface area contributed by atoms with Crippen LogP contribution in [0, 0.1) is 5.82 Å². The summed E-state index contributed by atoms with van der Waals surface area (Å²) in [5.74, 6) is 0.733. The summed E-state index contributed by atoms with van der Waals surface area (Å²) in [7, 11) is 0. The van der Waals surface area contributed by atoms with E-state index in [9.17, 15) is 9.18 Å². The number of thioether (sulfide) groups is 1. The van der Waals surface area contributed by atoms with Crippen molar-refractivity contribution in [3.05, 3.63) is 29.6 Å². The van der Waals surface area contributed by atoms with Gasteiger partial charge >= 0.3 is 6.09 Å². The van der Waals surface area contributed by atoms with Gasteiger partial charge in [0.2, 0.25) is 0 Å². The van der Waals surface area contributed by atoms with E-state index in [1.165, 1.54) is 6.07 Å². The molecule has 6 heteroatoms. The summed E-state index contributed by atoms with van der Waals surface area (Å²) in [5.41, 5.74) is 0.503. The molecule has 23 heavy (non-hydrogen) atoms. The maximum Gasteiger partial charge on any atom is 0.407 e. The fourth-order valence-corrected chi connectivity index (χ4v) is 3.65. The molecule has 0 saturated carbocycles. The van der Waals surface area contributed by atoms with E-state index in [2.05, 4.69) is 10.6 Å². The van der Waals surface area contributed by atoms with E-state index < -0.39 is 11.7 Å². The normalized spacial score (nSPS) is 18.9. The standard InChI is InChI=1S/C17H25FN2O2S/c1-11(10-19-16(21)22-17(2,3)4)20-14-8-9-23-15-12(14)6-5-7-13(15)18/h5-7,11,14,20H,8-10H2,1-4H3,(H,19,21). The Hall–Kier alpha value is -1.27. The average molecular weight is 340 g/mol. The lowest BCUT2D eigenvalue weighted by Gasteiger charge is -2.29. The second kappa shape index (κ2) is 7.53. The number of fused-ring (bicyclic) bond motifs is 1. The van der Waals surface area contributed by atoms with Crippen molar-refractivity contribution in [2.45, 2.75) is 56.7 Å². The minimum atomic E-state index is -0.502. The quantitative estimate of drug-likeness (QED) is 0.874. The van der Waals surface area contributed by atoms with E-state index in [1.807, 2.05) is 33.8 Å². The number of nitrogens with one attached hydrogen (secondary N) is 2. The van der Waals surface area contributed by atoms with Crippen LogP contribution in [0.25, 0.3) is 0 Å². The first-order chi connectivity index (χ1) is 10.8. The summed E-state index contributed by atoms with van der Waals surface area (Å²) in [6.45, 7) is 7.96. The molecule has 1 aromatic carbocycles. The van der Waals surface area contributed by atoms with Crippen molar-refractivity contribution in [3.8, 4) is 0 Å². The topological polar surface area (TPSA) is 50.4 Å². The Morgan fingerprint density at radius 3 is 2.91 bits per heavy atom. The summed E-state index contributed by atoms with van der Waals surface area (Å²) in [4.78, 5) is 12.4. The minimum Gasteiger partial charge on any atom is -0.444 e. The molecular formula is C17H25FN2O2S. The first kappa shape index (κ1) is 18.1. The van der Waals surface area contributed by atoms with Gasteiger partial charge in [-0.05, 0) is 51.5 Å². The van der Waals surface area contributed by atoms with Crippen LogP contribution in [-0.2, 0) is 4.74 Å². The molecule has 1 aromatic rings. The van der Waals surface area contributed by atoms with Gasteiger partial charge in [0.1, 0.15) is 11.4 Å². The van der Waals surface area contributed by atoms with Gasteiger partial charge in [-0.25, -0.2) is 9.18 Å². The SMILES string of the molecule is CC(CNC(=O)OC(C)(C)C)NC1CCSc2c(F)cccc21. The molecule has 0 aliphatic carbocycles. The molecule has 1 heterocycles. The highest BCUT2D eigenvalue weighted by Crippen LogP contribution is 2.37. The molecule has 2 rings (SSSR count). The molecule has 0 spiro atoms. The Labute approximate surface area is 141 Å². The van der Waals surface area contributed by atoms with Crippen molar-refractivity contribution in [3.63, 3.8) is 0 Å². The zero-order valence-corrected chi connectivity index (χ0v) is 14.9. The van der Waals surface area contributed by atoms with Gasteiger partial charge in [0, 0.05) is 23.5 Å². The van der Waals surface area contributed by atoms with E-state index in [4.69, 9.17) is 4.74 Å². The predicted molar refractivity (Wildman–Crippen MR) is 91.3 cm³/mol. The number of rotatable bonds is 4. The number of hydrogen-bond acceptors (Lipinski definition) is 4. The Bertz CT molecular complexity index is 560. The molecule has 2 atom stereocenters. The van der Waals surface area contributed by atoms with Crippen LogP contribution < -0.4 is 10.6 Å². The smallest absolute Gasteiger partial charge is 0.407 e. The lowest BCUT2D eigenvalue weighted by Crippen LogP contribution is -2.43. The first-order valence-electron chi connectivity index (χ1n) is 7.90. The van der Waals surface area contributed by atoms with E-state index in [-0.39, 0.29) is 17.9 Å². The van der Waals surface area contributed by atoms with Crippen molar-refractivity contribution in [1.29, 1.82) is 0 Å². The zero-order valence-electron chi connectivity index (χ0n) is 14.1. The number of amides is 1. The Kier molecular flexibility index (Phi) is 5.92. The van der Waals surface area contributed by atoms with Crippen LogP contribution >= 0.6 is 11.8 Å². The highest BCUT2D eigenvalue weighted by Gasteiger charge is 2.24. The number of carbonyl (C=O) groups is 1. The molecule has 1 aliphatic rings. The van der Waals surface area contributed by atoms with Crippen molar-refractivity contribution in [2.24, 2.45) is 0 Å². The van der Waals surface area contributed by atoms with Gasteiger partial charge in [-0.15, -0.1) is 11.8 Å². The third kappa shape index (κ3) is 5.39. The van der Waals surface area contributed by atoms with Crippen LogP contribution in [0.5, 0.6) is 0 Å². The number of carbonyl (C=O) groups excluding carboxylic acids is 1. The molecule has 0 fully saturated rings. The number of hydrogen-bond donors (Lipinski definition) is 2. The van der Waals surface area contributed by atoms with Crippen molar-refractivity contribution in [1.82, 2.24) is 10.6 Å². The minimum absolute atomic E-state index is 0.0618. The number of ether oxygens (including phenoxy) is 1. The fourth-order valence-electron chi connectivity index (χ4n) is 2.51. The highest BCUT2D eigenvalue weighted by molar-refractivity contribution is 7.99. The molecule has 2 N–H and O–H groups in total. The molecule has 4 nitrogen and oxygen atoms in total. The molecule has 0 radical (unpaired) electrons. The summed E-state index contributed by atoms with van der Waals surface area (Å²) in [6, 6.07) is 5.39. The van der Waals surface area contributed by atoms with Gasteiger partial charge in [-0.2, -0.15) is 0 Å². The Balaban J connectivity index is 1.88. The van der Waals surface area contributed by atoms with Crippen LogP contribution in [-0.4, -0.2) is 30.0 Å². The fraction of sp³-hybridized carbons (Fsp3) is 0.588. The summed E-state index contributed by atoms with van der Waals surface area (Å²) in [5, 5.41) is 6.23. The Morgan fingerprint density at radius 2 is 2.22 bits per heavy atom. The lowest BCUT2D eigenvalue weighted by atomic mass is 10.0. The van der Waals surface area contributed by atoms with Gasteiger partial charge in [-0.3, -0.25) is 0 Å². The highest BCUT2D eigenvalue weighted by atomic mass is 32.2. The molecule has 1 aliphatic heterocycles. The second-order valence-electron chi connectivity index (χ2n) is 6.80. The molecule has 0 aromatic heterocycles. The van der Waals surface area contributed by atoms with Crippen LogP contribution in [0.3, 0.4) is 0 Å². The van der Waals surface area contributed by atoms with Crippen LogP contribution in [0.15, 0.2) is 23.1 Å². The molecule has 0 bridgehead atoms. The maximum absolute atomic E-state index is 13.9. The third-order valence-electron chi connectivity index (χ3n) is 3.46. The van der Waals surface area contributed by atoms with E-state index in [0.717, 1.165) is 22.6 Å². The zero-order chi connectivity index (χ0) is 17.0. The molecular weight excluding hydrogens is 315 g/mol. The van der Waals surface area contributed by atoms with Gasteiger partial charge in [-0.1, -0.05) is 12.1 Å². The van der Waals surface area contributed by atoms with Crippen molar-refractivity contribution in [2.75, 3.05) is 12.3 Å². The van der Waals surface area contributed by atoms with E-state index >= 15 is 0 Å². The van der Waals surface area contributed by atoms with Gasteiger partial charge < -0.3 is 15.4 Å². The summed E-state index contributed by atoms with van der Waals surface area (Å²) >= 11 is 1.57. The van der Waals surface area contributed by atoms with Crippen LogP contribution in [0.4, 0.5) is 9.18 Å². The third-order valence-corrected chi connectivity index (χ3v) is 4.62. The summed E-state index contributed by atoms with van der Waals surface area (Å²) in [6.07, 6.45) is 0.523. The number of alkyl carbamates (subject to hydrolysis) is 1. The predicted octanol–water partition coefficient (Wildman–Crippen LogP) is 3.87. The van der Waals surface area contributed by atoms with Gasteiger partial charge in [0.15, 0.2) is 0 Å². The monoisotopic (exact) mass is 340 g/mol. The maximum atomic E-state index is 13.9. The van der Waals surface area contributed by atoms with Crippen LogP contribution in [0.1, 0.15) is 45.7 Å². The molecule has 128 valence electrons. The van der Waals surface area contributed by atoms with Gasteiger partial charge in [0.05, 0.1) is 0 Å². The van der Waals surface area contributed by atoms with Gasteiger partial charge in [0.25, 0.3) is 0 Å². The largest absolute Gasteiger partial charge is 0.444 e. The van der Waals surface area contributed by atoms with E-state index in [0.29, 0.717) is 6.54 Å². The average Bonchev–Trinajstić information content (AvgIpc) is 2.44. The number of benzene rings is 1. The molecule has 2 unspecified atom stereocenters. The molecule has 0 saturated heterocycles. The Morgan fingerprint density at radius 1 is 1.48 bits per heavy atom. The lowest BCUT2D eigenvalue weighted by molar-refractivity contribution is 0.0522. The van der Waals surface area contributed by atoms with Crippen molar-refractivity contribution >= 4 is 17.9 Å².